The van der Waals surface area contributed by atoms with E-state index in [1.165, 1.54) is 0 Å². The molecule has 1 fully saturated rings. The highest BCUT2D eigenvalue weighted by atomic mass is 79.9. The summed E-state index contributed by atoms with van der Waals surface area (Å²) in [7, 11) is 0. The highest BCUT2D eigenvalue weighted by Gasteiger charge is 2.52. The van der Waals surface area contributed by atoms with Crippen LogP contribution in [0, 0.1) is 11.8 Å². The minimum absolute atomic E-state index is 0.215. The molecule has 2 N–H and O–H groups in total. The van der Waals surface area contributed by atoms with Gasteiger partial charge in [0.15, 0.2) is 0 Å². The summed E-state index contributed by atoms with van der Waals surface area (Å²) in [5, 5.41) is 5.63. The molecule has 24 heavy (non-hydrogen) atoms. The van der Waals surface area contributed by atoms with Gasteiger partial charge in [0.2, 0.25) is 11.8 Å². The van der Waals surface area contributed by atoms with Gasteiger partial charge in [-0.05, 0) is 36.4 Å². The number of anilines is 2. The quantitative estimate of drug-likeness (QED) is 0.670. The topological polar surface area (TPSA) is 58.2 Å². The summed E-state index contributed by atoms with van der Waals surface area (Å²) in [6, 6.07) is 14.6. The van der Waals surface area contributed by atoms with Gasteiger partial charge in [-0.1, -0.05) is 56.1 Å². The van der Waals surface area contributed by atoms with Gasteiger partial charge in [-0.15, -0.1) is 0 Å². The third-order valence-electron chi connectivity index (χ3n) is 3.77. The monoisotopic (exact) mass is 448 g/mol. The second-order valence-corrected chi connectivity index (χ2v) is 7.36. The molecule has 2 atom stereocenters. The number of nitrogens with one attached hydrogen (secondary N) is 2. The first-order valence-electron chi connectivity index (χ1n) is 7.27. The van der Waals surface area contributed by atoms with Gasteiger partial charge >= 0.3 is 0 Å². The summed E-state index contributed by atoms with van der Waals surface area (Å²) >= 11 is 6.72. The molecule has 2 aromatic carbocycles. The number of carbonyl (C=O) groups excluding carboxylic acids is 2. The molecule has 0 aromatic heterocycles. The standard InChI is InChI=1S/C18H14Br2N2O2/c1-10-15(17(23)21-13-6-2-4-11(19)8-13)16(10)18(24)22-14-7-3-5-12(20)9-14/h2-9,15-16H,1H2,(H,21,23)(H,22,24). The molecule has 1 aliphatic carbocycles. The molecule has 0 saturated heterocycles. The van der Waals surface area contributed by atoms with Crippen LogP contribution in [0.15, 0.2) is 69.6 Å². The van der Waals surface area contributed by atoms with E-state index in [2.05, 4.69) is 49.1 Å². The Morgan fingerprint density at radius 2 is 1.25 bits per heavy atom. The number of rotatable bonds is 4. The molecular formula is C18H14Br2N2O2. The zero-order chi connectivity index (χ0) is 17.3. The molecule has 4 nitrogen and oxygen atoms in total. The molecule has 0 bridgehead atoms. The molecule has 122 valence electrons. The van der Waals surface area contributed by atoms with Crippen molar-refractivity contribution in [2.45, 2.75) is 0 Å². The summed E-state index contributed by atoms with van der Waals surface area (Å²) in [5.74, 6) is -1.41. The fraction of sp³-hybridized carbons (Fsp3) is 0.111. The molecule has 6 heteroatoms. The van der Waals surface area contributed by atoms with Crippen molar-refractivity contribution < 1.29 is 9.59 Å². The van der Waals surface area contributed by atoms with Gasteiger partial charge in [0.1, 0.15) is 0 Å². The number of amides is 2. The Kier molecular flexibility index (Phi) is 4.87. The molecule has 0 spiro atoms. The van der Waals surface area contributed by atoms with E-state index in [9.17, 15) is 9.59 Å². The van der Waals surface area contributed by atoms with Crippen LogP contribution in [0.2, 0.25) is 0 Å². The maximum atomic E-state index is 12.3. The average Bonchev–Trinajstić information content (AvgIpc) is 3.19. The molecule has 0 heterocycles. The largest absolute Gasteiger partial charge is 0.326 e. The SMILES string of the molecule is C=C1C(C(=O)Nc2cccc(Br)c2)C1C(=O)Nc1cccc(Br)c1. The Hall–Kier alpha value is -1.92. The molecule has 2 amide bonds. The minimum Gasteiger partial charge on any atom is -0.326 e. The lowest BCUT2D eigenvalue weighted by molar-refractivity contribution is -0.122. The first-order valence-corrected chi connectivity index (χ1v) is 8.86. The summed E-state index contributed by atoms with van der Waals surface area (Å²) < 4.78 is 1.75. The molecular weight excluding hydrogens is 436 g/mol. The zero-order valence-corrected chi connectivity index (χ0v) is 15.7. The van der Waals surface area contributed by atoms with E-state index in [1.54, 1.807) is 24.3 Å². The Labute approximate surface area is 156 Å². The van der Waals surface area contributed by atoms with Crippen molar-refractivity contribution in [3.05, 3.63) is 69.6 Å². The Morgan fingerprint density at radius 1 is 0.833 bits per heavy atom. The van der Waals surface area contributed by atoms with Crippen molar-refractivity contribution in [1.82, 2.24) is 0 Å². The van der Waals surface area contributed by atoms with Gasteiger partial charge in [0.25, 0.3) is 0 Å². The number of hydrogen-bond donors (Lipinski definition) is 2. The Balaban J connectivity index is 1.63. The van der Waals surface area contributed by atoms with Crippen LogP contribution < -0.4 is 10.6 Å². The van der Waals surface area contributed by atoms with Crippen molar-refractivity contribution in [3.63, 3.8) is 0 Å². The smallest absolute Gasteiger partial charge is 0.232 e. The van der Waals surface area contributed by atoms with Crippen LogP contribution in [0.25, 0.3) is 0 Å². The summed E-state index contributed by atoms with van der Waals surface area (Å²) in [6.45, 7) is 3.85. The molecule has 3 rings (SSSR count). The molecule has 2 aromatic rings. The third kappa shape index (κ3) is 3.76. The zero-order valence-electron chi connectivity index (χ0n) is 12.6. The van der Waals surface area contributed by atoms with Gasteiger partial charge in [-0.3, -0.25) is 9.59 Å². The maximum absolute atomic E-state index is 12.3. The Bertz CT molecular complexity index is 768. The first-order chi connectivity index (χ1) is 11.5. The van der Waals surface area contributed by atoms with Gasteiger partial charge in [-0.2, -0.15) is 0 Å². The lowest BCUT2D eigenvalue weighted by Gasteiger charge is -2.06. The minimum atomic E-state index is -0.490. The molecule has 1 saturated carbocycles. The molecule has 0 aliphatic heterocycles. The fourth-order valence-electron chi connectivity index (χ4n) is 2.53. The second kappa shape index (κ2) is 6.91. The van der Waals surface area contributed by atoms with E-state index in [0.29, 0.717) is 16.9 Å². The Morgan fingerprint density at radius 3 is 1.62 bits per heavy atom. The molecule has 2 unspecified atom stereocenters. The van der Waals surface area contributed by atoms with Crippen LogP contribution in [0.1, 0.15) is 0 Å². The van der Waals surface area contributed by atoms with Crippen LogP contribution in [0.4, 0.5) is 11.4 Å². The van der Waals surface area contributed by atoms with Crippen molar-refractivity contribution in [3.8, 4) is 0 Å². The number of benzene rings is 2. The van der Waals surface area contributed by atoms with E-state index < -0.39 is 11.8 Å². The average molecular weight is 450 g/mol. The van der Waals surface area contributed by atoms with E-state index in [-0.39, 0.29) is 11.8 Å². The highest BCUT2D eigenvalue weighted by Crippen LogP contribution is 2.45. The van der Waals surface area contributed by atoms with Crippen molar-refractivity contribution in [2.75, 3.05) is 10.6 Å². The maximum Gasteiger partial charge on any atom is 0.232 e. The van der Waals surface area contributed by atoms with E-state index in [4.69, 9.17) is 0 Å². The van der Waals surface area contributed by atoms with Crippen LogP contribution >= 0.6 is 31.9 Å². The van der Waals surface area contributed by atoms with Gasteiger partial charge in [0, 0.05) is 20.3 Å². The van der Waals surface area contributed by atoms with Crippen molar-refractivity contribution in [1.29, 1.82) is 0 Å². The van der Waals surface area contributed by atoms with Gasteiger partial charge in [-0.25, -0.2) is 0 Å². The fourth-order valence-corrected chi connectivity index (χ4v) is 3.33. The van der Waals surface area contributed by atoms with Crippen molar-refractivity contribution >= 4 is 55.0 Å². The van der Waals surface area contributed by atoms with Gasteiger partial charge in [0.05, 0.1) is 11.8 Å². The van der Waals surface area contributed by atoms with Crippen molar-refractivity contribution in [2.24, 2.45) is 11.8 Å². The predicted octanol–water partition coefficient (Wildman–Crippen LogP) is 4.59. The summed E-state index contributed by atoms with van der Waals surface area (Å²) in [4.78, 5) is 24.7. The lowest BCUT2D eigenvalue weighted by atomic mass is 10.2. The van der Waals surface area contributed by atoms with E-state index >= 15 is 0 Å². The van der Waals surface area contributed by atoms with Crippen LogP contribution in [0.3, 0.4) is 0 Å². The predicted molar refractivity (Wildman–Crippen MR) is 102 cm³/mol. The van der Waals surface area contributed by atoms with Gasteiger partial charge < -0.3 is 10.6 Å². The summed E-state index contributed by atoms with van der Waals surface area (Å²) in [6.07, 6.45) is 0. The third-order valence-corrected chi connectivity index (χ3v) is 4.76. The van der Waals surface area contributed by atoms with E-state index in [1.807, 2.05) is 24.3 Å². The van der Waals surface area contributed by atoms with Crippen LogP contribution in [-0.2, 0) is 9.59 Å². The lowest BCUT2D eigenvalue weighted by Crippen LogP contribution is -2.20. The first kappa shape index (κ1) is 16.9. The van der Waals surface area contributed by atoms with E-state index in [0.717, 1.165) is 8.95 Å². The number of carbonyl (C=O) groups is 2. The summed E-state index contributed by atoms with van der Waals surface area (Å²) in [5.41, 5.74) is 2.00. The van der Waals surface area contributed by atoms with Crippen LogP contribution in [-0.4, -0.2) is 11.8 Å². The number of halogens is 2. The highest BCUT2D eigenvalue weighted by molar-refractivity contribution is 9.10. The number of hydrogen-bond acceptors (Lipinski definition) is 2. The molecule has 0 radical (unpaired) electrons. The van der Waals surface area contributed by atoms with Crippen LogP contribution in [0.5, 0.6) is 0 Å². The second-order valence-electron chi connectivity index (χ2n) is 5.53. The molecule has 1 aliphatic rings. The normalized spacial score (nSPS) is 18.8.